The number of rotatable bonds is 2. The Morgan fingerprint density at radius 1 is 0.386 bits per heavy atom. The fourth-order valence-electron chi connectivity index (χ4n) is 6.88. The van der Waals surface area contributed by atoms with E-state index in [1.165, 1.54) is 0 Å². The van der Waals surface area contributed by atoms with E-state index in [1.54, 1.807) is 12.4 Å². The van der Waals surface area contributed by atoms with Crippen LogP contribution in [0.1, 0.15) is 0 Å². The topological polar surface area (TPSA) is 50.7 Å². The number of benzene rings is 6. The van der Waals surface area contributed by atoms with Gasteiger partial charge in [-0.25, -0.2) is 0 Å². The Balaban J connectivity index is 1.30. The zero-order chi connectivity index (χ0) is 28.8. The molecule has 2 aliphatic heterocycles. The molecule has 0 N–H and O–H groups in total. The molecule has 1 aliphatic carbocycles. The van der Waals surface area contributed by atoms with Crippen LogP contribution >= 0.6 is 0 Å². The van der Waals surface area contributed by atoms with E-state index in [-0.39, 0.29) is 0 Å². The minimum absolute atomic E-state index is 0.811. The fraction of sp³-hybridized carbons (Fsp3) is 0. The predicted octanol–water partition coefficient (Wildman–Crippen LogP) is 10.4. The van der Waals surface area contributed by atoms with Gasteiger partial charge in [-0.2, -0.15) is 0 Å². The van der Waals surface area contributed by atoms with Crippen molar-refractivity contribution < 1.29 is 9.47 Å². The summed E-state index contributed by atoms with van der Waals surface area (Å²) in [5.41, 5.74) is 9.83. The zero-order valence-corrected chi connectivity index (χ0v) is 23.3. The quantitative estimate of drug-likeness (QED) is 0.207. The summed E-state index contributed by atoms with van der Waals surface area (Å²) in [6, 6.07) is 41.5. The molecule has 206 valence electrons. The Hall–Kier alpha value is -6.14. The zero-order valence-electron chi connectivity index (χ0n) is 23.3. The number of hydrogen-bond donors (Lipinski definition) is 0. The van der Waals surface area contributed by atoms with Crippen molar-refractivity contribution in [1.82, 2.24) is 9.97 Å². The number of para-hydroxylation sites is 8. The van der Waals surface area contributed by atoms with Crippen LogP contribution in [0.5, 0.6) is 23.0 Å². The van der Waals surface area contributed by atoms with Gasteiger partial charge in [0.1, 0.15) is 0 Å². The summed E-state index contributed by atoms with van der Waals surface area (Å²) >= 11 is 0. The van der Waals surface area contributed by atoms with Gasteiger partial charge in [0.2, 0.25) is 0 Å². The van der Waals surface area contributed by atoms with E-state index in [9.17, 15) is 0 Å². The van der Waals surface area contributed by atoms with Gasteiger partial charge in [-0.15, -0.1) is 0 Å². The van der Waals surface area contributed by atoms with Crippen LogP contribution in [0.2, 0.25) is 0 Å². The Morgan fingerprint density at radius 2 is 0.750 bits per heavy atom. The molecule has 0 fully saturated rings. The molecular weight excluding hydrogens is 544 g/mol. The van der Waals surface area contributed by atoms with Crippen LogP contribution < -0.4 is 19.3 Å². The first-order valence-electron chi connectivity index (χ1n) is 14.6. The van der Waals surface area contributed by atoms with Crippen molar-refractivity contribution >= 4 is 44.9 Å². The molecule has 0 bridgehead atoms. The van der Waals surface area contributed by atoms with Gasteiger partial charge in [0.25, 0.3) is 0 Å². The minimum atomic E-state index is 0.811. The largest absolute Gasteiger partial charge is 0.453 e. The van der Waals surface area contributed by atoms with Crippen molar-refractivity contribution in [1.29, 1.82) is 0 Å². The molecule has 0 unspecified atom stereocenters. The van der Waals surface area contributed by atoms with Crippen molar-refractivity contribution in [2.24, 2.45) is 0 Å². The van der Waals surface area contributed by atoms with Crippen LogP contribution in [0.25, 0.3) is 33.3 Å². The van der Waals surface area contributed by atoms with Gasteiger partial charge in [-0.1, -0.05) is 60.7 Å². The van der Waals surface area contributed by atoms with Gasteiger partial charge in [-0.3, -0.25) is 9.97 Å². The van der Waals surface area contributed by atoms with E-state index >= 15 is 0 Å². The highest BCUT2D eigenvalue weighted by Gasteiger charge is 2.36. The number of fused-ring (bicyclic) bond motifs is 7. The average Bonchev–Trinajstić information content (AvgIpc) is 3.43. The van der Waals surface area contributed by atoms with Crippen molar-refractivity contribution in [3.63, 3.8) is 0 Å². The Kier molecular flexibility index (Phi) is 4.63. The molecule has 0 saturated carbocycles. The van der Waals surface area contributed by atoms with E-state index in [0.717, 1.165) is 90.4 Å². The highest BCUT2D eigenvalue weighted by atomic mass is 16.5. The Bertz CT molecular complexity index is 2080. The minimum Gasteiger partial charge on any atom is -0.453 e. The second-order valence-electron chi connectivity index (χ2n) is 11.0. The molecule has 7 aromatic rings. The third-order valence-electron chi connectivity index (χ3n) is 8.66. The number of hydrogen-bond acceptors (Lipinski definition) is 6. The summed E-state index contributed by atoms with van der Waals surface area (Å²) in [4.78, 5) is 14.5. The van der Waals surface area contributed by atoms with E-state index in [2.05, 4.69) is 58.3 Å². The highest BCUT2D eigenvalue weighted by molar-refractivity contribution is 6.22. The van der Waals surface area contributed by atoms with Gasteiger partial charge in [0, 0.05) is 28.9 Å². The lowest BCUT2D eigenvalue weighted by molar-refractivity contribution is 0.477. The number of aromatic nitrogens is 2. The third kappa shape index (κ3) is 3.08. The Labute approximate surface area is 253 Å². The van der Waals surface area contributed by atoms with E-state index in [0.29, 0.717) is 0 Å². The van der Waals surface area contributed by atoms with Gasteiger partial charge in [-0.05, 0) is 66.0 Å². The molecular formula is C38H22N4O2. The van der Waals surface area contributed by atoms with Crippen LogP contribution in [0.3, 0.4) is 0 Å². The number of anilines is 6. The van der Waals surface area contributed by atoms with Crippen molar-refractivity contribution in [3.8, 4) is 45.5 Å². The lowest BCUT2D eigenvalue weighted by atomic mass is 9.98. The van der Waals surface area contributed by atoms with Crippen LogP contribution in [0, 0.1) is 0 Å². The van der Waals surface area contributed by atoms with E-state index < -0.39 is 0 Å². The Morgan fingerprint density at radius 3 is 1.14 bits per heavy atom. The second-order valence-corrected chi connectivity index (χ2v) is 11.0. The predicted molar refractivity (Wildman–Crippen MR) is 173 cm³/mol. The number of ether oxygens (including phenoxy) is 2. The fourth-order valence-corrected chi connectivity index (χ4v) is 6.88. The summed E-state index contributed by atoms with van der Waals surface area (Å²) in [6.07, 6.45) is 3.57. The van der Waals surface area contributed by atoms with Crippen LogP contribution in [-0.4, -0.2) is 9.97 Å². The van der Waals surface area contributed by atoms with E-state index in [1.807, 2.05) is 72.8 Å². The van der Waals surface area contributed by atoms with Crippen LogP contribution in [0.15, 0.2) is 134 Å². The average molecular weight is 567 g/mol. The summed E-state index contributed by atoms with van der Waals surface area (Å²) in [6.45, 7) is 0. The van der Waals surface area contributed by atoms with Gasteiger partial charge in [0.05, 0.1) is 45.5 Å². The molecule has 0 radical (unpaired) electrons. The van der Waals surface area contributed by atoms with Crippen molar-refractivity contribution in [2.75, 3.05) is 9.80 Å². The molecule has 10 rings (SSSR count). The first kappa shape index (κ1) is 23.4. The molecule has 0 atom stereocenters. The van der Waals surface area contributed by atoms with Crippen molar-refractivity contribution in [2.45, 2.75) is 0 Å². The molecule has 6 aromatic carbocycles. The van der Waals surface area contributed by atoms with Crippen molar-refractivity contribution in [3.05, 3.63) is 134 Å². The summed E-state index contributed by atoms with van der Waals surface area (Å²) < 4.78 is 12.7. The maximum Gasteiger partial charge on any atom is 0.151 e. The first-order chi connectivity index (χ1) is 21.8. The maximum atomic E-state index is 6.35. The lowest BCUT2D eigenvalue weighted by Gasteiger charge is -2.34. The van der Waals surface area contributed by atoms with Crippen LogP contribution in [0.4, 0.5) is 34.1 Å². The highest BCUT2D eigenvalue weighted by Crippen LogP contribution is 2.60. The normalized spacial score (nSPS) is 13.3. The van der Waals surface area contributed by atoms with Crippen LogP contribution in [-0.2, 0) is 0 Å². The molecule has 0 amide bonds. The number of nitrogens with zero attached hydrogens (tertiary/aromatic N) is 4. The molecule has 3 aliphatic rings. The molecule has 0 saturated heterocycles. The standard InChI is InChI=1S/C38H22N4O2/c1-5-13-30-24(9-1)41(25-10-2-6-14-31(25)43-30)28-19-17-23-18-20-29(36-34(23)35(28)37-38(36)40-22-21-39-37)42-26-11-3-7-15-32(26)44-33-16-8-4-12-27(33)42/h1-22H. The molecule has 44 heavy (non-hydrogen) atoms. The van der Waals surface area contributed by atoms with Gasteiger partial charge >= 0.3 is 0 Å². The third-order valence-corrected chi connectivity index (χ3v) is 8.66. The summed E-state index contributed by atoms with van der Waals surface area (Å²) in [5, 5.41) is 2.26. The smallest absolute Gasteiger partial charge is 0.151 e. The molecule has 6 heteroatoms. The monoisotopic (exact) mass is 566 g/mol. The molecule has 3 heterocycles. The second kappa shape index (κ2) is 8.69. The lowest BCUT2D eigenvalue weighted by Crippen LogP contribution is -2.17. The summed E-state index contributed by atoms with van der Waals surface area (Å²) in [5.74, 6) is 3.25. The molecule has 0 spiro atoms. The van der Waals surface area contributed by atoms with E-state index in [4.69, 9.17) is 19.4 Å². The SMILES string of the molecule is c1ccc2c(c1)Oc1ccccc1N2c1ccc2ccc(N3c4ccccc4Oc4ccccc43)c3c2c1-c1nccnc1-3. The van der Waals surface area contributed by atoms with Gasteiger partial charge < -0.3 is 19.3 Å². The molecule has 1 aromatic heterocycles. The molecule has 6 nitrogen and oxygen atoms in total. The van der Waals surface area contributed by atoms with Gasteiger partial charge in [0.15, 0.2) is 23.0 Å². The summed E-state index contributed by atoms with van der Waals surface area (Å²) in [7, 11) is 0. The maximum absolute atomic E-state index is 6.35. The first-order valence-corrected chi connectivity index (χ1v) is 14.6.